The van der Waals surface area contributed by atoms with Gasteiger partial charge in [0.2, 0.25) is 0 Å². The van der Waals surface area contributed by atoms with E-state index in [-0.39, 0.29) is 0 Å². The molecule has 1 unspecified atom stereocenters. The fourth-order valence-corrected chi connectivity index (χ4v) is 1.61. The maximum atomic E-state index is 13.6. The molecule has 0 spiro atoms. The topological polar surface area (TPSA) is 26.0 Å². The van der Waals surface area contributed by atoms with Crippen LogP contribution in [-0.4, -0.2) is 6.54 Å². The molecule has 72 valence electrons. The number of aryl methyl sites for hydroxylation is 2. The molecule has 0 aliphatic heterocycles. The Morgan fingerprint density at radius 1 is 1.31 bits per heavy atom. The van der Waals surface area contributed by atoms with Gasteiger partial charge in [-0.05, 0) is 43.5 Å². The van der Waals surface area contributed by atoms with Gasteiger partial charge in [0.1, 0.15) is 6.17 Å². The van der Waals surface area contributed by atoms with Gasteiger partial charge in [-0.15, -0.1) is 0 Å². The predicted octanol–water partition coefficient (Wildman–Crippen LogP) is 2.66. The Hall–Kier alpha value is -0.890. The summed E-state index contributed by atoms with van der Waals surface area (Å²) in [5.74, 6) is 0. The summed E-state index contributed by atoms with van der Waals surface area (Å²) in [7, 11) is 0. The Labute approximate surface area is 78.8 Å². The molecule has 0 aliphatic rings. The van der Waals surface area contributed by atoms with E-state index in [4.69, 9.17) is 5.73 Å². The molecular weight excluding hydrogens is 165 g/mol. The molecule has 2 N–H and O–H groups in total. The Balaban J connectivity index is 2.98. The van der Waals surface area contributed by atoms with Crippen molar-refractivity contribution >= 4 is 0 Å². The lowest BCUT2D eigenvalue weighted by Crippen LogP contribution is -2.06. The summed E-state index contributed by atoms with van der Waals surface area (Å²) in [6.07, 6.45) is -0.503. The molecule has 0 fully saturated rings. The normalized spacial score (nSPS) is 12.9. The van der Waals surface area contributed by atoms with Crippen LogP contribution in [0.4, 0.5) is 4.39 Å². The first-order valence-electron chi connectivity index (χ1n) is 4.57. The second-order valence-electron chi connectivity index (χ2n) is 3.35. The molecule has 0 saturated carbocycles. The largest absolute Gasteiger partial charge is 0.330 e. The maximum absolute atomic E-state index is 13.6. The van der Waals surface area contributed by atoms with Gasteiger partial charge in [-0.2, -0.15) is 0 Å². The minimum absolute atomic E-state index is 0.398. The Kier molecular flexibility index (Phi) is 3.43. The number of nitrogens with two attached hydrogens (primary N) is 1. The number of benzene rings is 1. The molecule has 0 heterocycles. The monoisotopic (exact) mass is 181 g/mol. The Bertz CT molecular complexity index is 263. The van der Waals surface area contributed by atoms with E-state index < -0.39 is 6.17 Å². The predicted molar refractivity (Wildman–Crippen MR) is 53.4 cm³/mol. The van der Waals surface area contributed by atoms with Crippen molar-refractivity contribution in [2.24, 2.45) is 5.73 Å². The van der Waals surface area contributed by atoms with E-state index in [0.717, 1.165) is 16.7 Å². The van der Waals surface area contributed by atoms with Crippen LogP contribution in [0, 0.1) is 13.8 Å². The lowest BCUT2D eigenvalue weighted by atomic mass is 9.97. The molecule has 1 rings (SSSR count). The summed E-state index contributed by atoms with van der Waals surface area (Å²) in [4.78, 5) is 0. The van der Waals surface area contributed by atoms with Crippen LogP contribution >= 0.6 is 0 Å². The van der Waals surface area contributed by atoms with Crippen molar-refractivity contribution in [1.29, 1.82) is 0 Å². The summed E-state index contributed by atoms with van der Waals surface area (Å²) < 4.78 is 13.6. The van der Waals surface area contributed by atoms with Gasteiger partial charge in [0.25, 0.3) is 0 Å². The summed E-state index contributed by atoms with van der Waals surface area (Å²) in [5.41, 5.74) is 8.17. The number of halogens is 1. The average molecular weight is 181 g/mol. The maximum Gasteiger partial charge on any atom is 0.127 e. The highest BCUT2D eigenvalue weighted by atomic mass is 19.1. The van der Waals surface area contributed by atoms with Gasteiger partial charge in [0.05, 0.1) is 0 Å². The van der Waals surface area contributed by atoms with Crippen molar-refractivity contribution in [2.45, 2.75) is 26.4 Å². The van der Waals surface area contributed by atoms with Crippen LogP contribution in [0.2, 0.25) is 0 Å². The van der Waals surface area contributed by atoms with Gasteiger partial charge in [-0.1, -0.05) is 18.2 Å². The van der Waals surface area contributed by atoms with Crippen LogP contribution in [0.15, 0.2) is 18.2 Å². The van der Waals surface area contributed by atoms with Gasteiger partial charge in [0.15, 0.2) is 0 Å². The minimum Gasteiger partial charge on any atom is -0.330 e. The second-order valence-corrected chi connectivity index (χ2v) is 3.35. The standard InChI is InChI=1S/C11H16FN/c1-8-4-3-5-9(2)11(8)10(12)6-7-13/h3-5,10H,6-7,13H2,1-2H3. The van der Waals surface area contributed by atoms with E-state index in [1.807, 2.05) is 32.0 Å². The van der Waals surface area contributed by atoms with E-state index in [1.165, 1.54) is 0 Å². The average Bonchev–Trinajstić information content (AvgIpc) is 2.04. The van der Waals surface area contributed by atoms with Crippen LogP contribution in [0.1, 0.15) is 29.3 Å². The minimum atomic E-state index is -0.911. The van der Waals surface area contributed by atoms with Crippen LogP contribution < -0.4 is 5.73 Å². The number of hydrogen-bond acceptors (Lipinski definition) is 1. The fourth-order valence-electron chi connectivity index (χ4n) is 1.61. The number of hydrogen-bond donors (Lipinski definition) is 1. The van der Waals surface area contributed by atoms with Crippen molar-refractivity contribution in [2.75, 3.05) is 6.54 Å². The van der Waals surface area contributed by atoms with E-state index >= 15 is 0 Å². The lowest BCUT2D eigenvalue weighted by molar-refractivity contribution is 0.325. The quantitative estimate of drug-likeness (QED) is 0.762. The first-order chi connectivity index (χ1) is 6.16. The first-order valence-corrected chi connectivity index (χ1v) is 4.57. The molecular formula is C11H16FN. The van der Waals surface area contributed by atoms with Crippen molar-refractivity contribution in [3.8, 4) is 0 Å². The van der Waals surface area contributed by atoms with Crippen molar-refractivity contribution in [3.05, 3.63) is 34.9 Å². The smallest absolute Gasteiger partial charge is 0.127 e. The van der Waals surface area contributed by atoms with Crippen molar-refractivity contribution < 1.29 is 4.39 Å². The molecule has 0 aliphatic carbocycles. The van der Waals surface area contributed by atoms with Gasteiger partial charge < -0.3 is 5.73 Å². The highest BCUT2D eigenvalue weighted by Crippen LogP contribution is 2.26. The van der Waals surface area contributed by atoms with E-state index in [1.54, 1.807) is 0 Å². The molecule has 13 heavy (non-hydrogen) atoms. The molecule has 0 saturated heterocycles. The third kappa shape index (κ3) is 2.28. The van der Waals surface area contributed by atoms with Crippen LogP contribution in [0.25, 0.3) is 0 Å². The van der Waals surface area contributed by atoms with Crippen LogP contribution in [0.5, 0.6) is 0 Å². The van der Waals surface area contributed by atoms with E-state index in [0.29, 0.717) is 13.0 Å². The Morgan fingerprint density at radius 3 is 2.31 bits per heavy atom. The van der Waals surface area contributed by atoms with Gasteiger partial charge in [-0.3, -0.25) is 0 Å². The highest BCUT2D eigenvalue weighted by Gasteiger charge is 2.13. The molecule has 1 aromatic rings. The molecule has 0 radical (unpaired) electrons. The summed E-state index contributed by atoms with van der Waals surface area (Å²) in [5, 5.41) is 0. The number of alkyl halides is 1. The first kappa shape index (κ1) is 10.2. The van der Waals surface area contributed by atoms with Crippen molar-refractivity contribution in [1.82, 2.24) is 0 Å². The Morgan fingerprint density at radius 2 is 1.85 bits per heavy atom. The van der Waals surface area contributed by atoms with Crippen LogP contribution in [-0.2, 0) is 0 Å². The zero-order chi connectivity index (χ0) is 9.84. The third-order valence-electron chi connectivity index (χ3n) is 2.28. The fraction of sp³-hybridized carbons (Fsp3) is 0.455. The molecule has 1 aromatic carbocycles. The zero-order valence-corrected chi connectivity index (χ0v) is 8.18. The van der Waals surface area contributed by atoms with Gasteiger partial charge in [-0.25, -0.2) is 4.39 Å². The summed E-state index contributed by atoms with van der Waals surface area (Å²) >= 11 is 0. The van der Waals surface area contributed by atoms with Gasteiger partial charge >= 0.3 is 0 Å². The number of rotatable bonds is 3. The van der Waals surface area contributed by atoms with E-state index in [9.17, 15) is 4.39 Å². The molecule has 0 bridgehead atoms. The molecule has 0 aromatic heterocycles. The lowest BCUT2D eigenvalue weighted by Gasteiger charge is -2.13. The molecule has 2 heteroatoms. The molecule has 0 amide bonds. The molecule has 1 atom stereocenters. The van der Waals surface area contributed by atoms with Crippen LogP contribution in [0.3, 0.4) is 0 Å². The zero-order valence-electron chi connectivity index (χ0n) is 8.18. The summed E-state index contributed by atoms with van der Waals surface area (Å²) in [6, 6.07) is 5.82. The summed E-state index contributed by atoms with van der Waals surface area (Å²) in [6.45, 7) is 4.27. The van der Waals surface area contributed by atoms with E-state index in [2.05, 4.69) is 0 Å². The second kappa shape index (κ2) is 4.38. The third-order valence-corrected chi connectivity index (χ3v) is 2.28. The van der Waals surface area contributed by atoms with Crippen molar-refractivity contribution in [3.63, 3.8) is 0 Å². The highest BCUT2D eigenvalue weighted by molar-refractivity contribution is 5.35. The molecule has 1 nitrogen and oxygen atoms in total. The van der Waals surface area contributed by atoms with Gasteiger partial charge in [0, 0.05) is 0 Å². The SMILES string of the molecule is Cc1cccc(C)c1C(F)CCN.